The van der Waals surface area contributed by atoms with E-state index in [1.807, 2.05) is 19.2 Å². The van der Waals surface area contributed by atoms with Crippen LogP contribution in [0.25, 0.3) is 0 Å². The van der Waals surface area contributed by atoms with E-state index in [1.165, 1.54) is 27.9 Å². The first kappa shape index (κ1) is 25.9. The highest BCUT2D eigenvalue weighted by atomic mass is 127. The summed E-state index contributed by atoms with van der Waals surface area (Å²) >= 11 is 2.31. The van der Waals surface area contributed by atoms with Gasteiger partial charge < -0.3 is 14.4 Å². The number of rotatable bonds is 7. The molecule has 0 N–H and O–H groups in total. The number of anilines is 1. The molecule has 0 saturated carbocycles. The van der Waals surface area contributed by atoms with E-state index < -0.39 is 0 Å². The van der Waals surface area contributed by atoms with E-state index >= 15 is 0 Å². The summed E-state index contributed by atoms with van der Waals surface area (Å²) in [5.41, 5.74) is 8.98. The van der Waals surface area contributed by atoms with E-state index in [-0.39, 0.29) is 0 Å². The van der Waals surface area contributed by atoms with E-state index in [9.17, 15) is 0 Å². The van der Waals surface area contributed by atoms with Gasteiger partial charge in [0.1, 0.15) is 0 Å². The SMILES string of the molecule is CCOc1c(I)cc(C=Nc2cc3c4c(c2)[C@H](c2ccccc2)CCN4CC[C@@H]3c2ccccc2)cc1OC. The number of methoxy groups -OCH3 is 1. The molecule has 6 rings (SSSR count). The fourth-order valence-electron chi connectivity index (χ4n) is 6.16. The molecule has 0 bridgehead atoms. The van der Waals surface area contributed by atoms with Crippen LogP contribution in [-0.2, 0) is 0 Å². The minimum absolute atomic E-state index is 0.368. The average molecular weight is 629 g/mol. The fraction of sp³-hybridized carbons (Fsp3) is 0.265. The van der Waals surface area contributed by atoms with Gasteiger partial charge in [0.25, 0.3) is 0 Å². The second-order valence-electron chi connectivity index (χ2n) is 10.2. The summed E-state index contributed by atoms with van der Waals surface area (Å²) in [5.74, 6) is 2.25. The van der Waals surface area contributed by atoms with Crippen LogP contribution in [0.5, 0.6) is 11.5 Å². The van der Waals surface area contributed by atoms with Crippen molar-refractivity contribution in [2.75, 3.05) is 31.7 Å². The largest absolute Gasteiger partial charge is 0.493 e. The van der Waals surface area contributed by atoms with Gasteiger partial charge in [-0.25, -0.2) is 0 Å². The van der Waals surface area contributed by atoms with Gasteiger partial charge in [0, 0.05) is 36.8 Å². The van der Waals surface area contributed by atoms with Crippen molar-refractivity contribution in [2.45, 2.75) is 31.6 Å². The maximum atomic E-state index is 5.81. The predicted octanol–water partition coefficient (Wildman–Crippen LogP) is 8.33. The molecular formula is C34H33IN2O2. The lowest BCUT2D eigenvalue weighted by Crippen LogP contribution is -2.37. The zero-order chi connectivity index (χ0) is 26.8. The lowest BCUT2D eigenvalue weighted by Gasteiger charge is -2.43. The molecule has 0 aromatic heterocycles. The van der Waals surface area contributed by atoms with Crippen molar-refractivity contribution in [1.82, 2.24) is 0 Å². The van der Waals surface area contributed by atoms with Crippen molar-refractivity contribution in [1.29, 1.82) is 0 Å². The lowest BCUT2D eigenvalue weighted by atomic mass is 9.76. The maximum Gasteiger partial charge on any atom is 0.174 e. The number of hydrogen-bond acceptors (Lipinski definition) is 4. The van der Waals surface area contributed by atoms with Crippen LogP contribution in [0.2, 0.25) is 0 Å². The van der Waals surface area contributed by atoms with Gasteiger partial charge in [0.2, 0.25) is 0 Å². The smallest absolute Gasteiger partial charge is 0.174 e. The topological polar surface area (TPSA) is 34.1 Å². The molecule has 5 heteroatoms. The van der Waals surface area contributed by atoms with Gasteiger partial charge >= 0.3 is 0 Å². The van der Waals surface area contributed by atoms with Crippen molar-refractivity contribution < 1.29 is 9.47 Å². The first-order valence-corrected chi connectivity index (χ1v) is 14.8. The summed E-state index contributed by atoms with van der Waals surface area (Å²) in [7, 11) is 1.68. The molecule has 0 saturated heterocycles. The van der Waals surface area contributed by atoms with Gasteiger partial charge in [-0.1, -0.05) is 60.7 Å². The minimum Gasteiger partial charge on any atom is -0.493 e. The molecule has 0 unspecified atom stereocenters. The third-order valence-corrected chi connectivity index (χ3v) is 8.70. The summed E-state index contributed by atoms with van der Waals surface area (Å²) in [5, 5.41) is 0. The van der Waals surface area contributed by atoms with Crippen LogP contribution in [0.15, 0.2) is 89.9 Å². The van der Waals surface area contributed by atoms with E-state index in [1.54, 1.807) is 7.11 Å². The molecule has 0 spiro atoms. The highest BCUT2D eigenvalue weighted by Crippen LogP contribution is 2.50. The van der Waals surface area contributed by atoms with Crippen molar-refractivity contribution >= 4 is 40.2 Å². The molecule has 198 valence electrons. The average Bonchev–Trinajstić information content (AvgIpc) is 2.98. The van der Waals surface area contributed by atoms with Crippen LogP contribution < -0.4 is 14.4 Å². The first-order valence-electron chi connectivity index (χ1n) is 13.7. The summed E-state index contributed by atoms with van der Waals surface area (Å²) in [6.07, 6.45) is 4.19. The Morgan fingerprint density at radius 1 is 0.872 bits per heavy atom. The van der Waals surface area contributed by atoms with Gasteiger partial charge in [-0.15, -0.1) is 0 Å². The standard InChI is InChI=1S/C34H33IN2O2/c1-3-39-34-31(35)18-23(19-32(34)38-2)22-36-26-20-29-27(24-10-6-4-7-11-24)14-16-37-17-15-28(30(21-26)33(29)37)25-12-8-5-9-13-25/h4-13,18-22,27-28H,3,14-17H2,1-2H3/t27-,28+. The second-order valence-corrected chi connectivity index (χ2v) is 11.4. The highest BCUT2D eigenvalue weighted by molar-refractivity contribution is 14.1. The fourth-order valence-corrected chi connectivity index (χ4v) is 6.94. The minimum atomic E-state index is 0.368. The second kappa shape index (κ2) is 11.4. The molecule has 4 aromatic rings. The highest BCUT2D eigenvalue weighted by Gasteiger charge is 2.35. The molecule has 0 aliphatic carbocycles. The molecular weight excluding hydrogens is 595 g/mol. The van der Waals surface area contributed by atoms with Crippen LogP contribution in [0.1, 0.15) is 59.4 Å². The number of ether oxygens (including phenoxy) is 2. The third-order valence-electron chi connectivity index (χ3n) is 7.90. The molecule has 0 radical (unpaired) electrons. The van der Waals surface area contributed by atoms with E-state index in [0.717, 1.165) is 52.3 Å². The Kier molecular flexibility index (Phi) is 7.60. The number of benzene rings is 4. The van der Waals surface area contributed by atoms with Gasteiger partial charge in [0.05, 0.1) is 23.0 Å². The maximum absolute atomic E-state index is 5.81. The number of nitrogens with zero attached hydrogens (tertiary/aromatic N) is 2. The number of halogens is 1. The van der Waals surface area contributed by atoms with Gasteiger partial charge in [-0.05, 0) is 94.4 Å². The summed E-state index contributed by atoms with van der Waals surface area (Å²) in [6, 6.07) is 30.7. The van der Waals surface area contributed by atoms with Crippen LogP contribution >= 0.6 is 22.6 Å². The molecule has 4 nitrogen and oxygen atoms in total. The molecule has 0 amide bonds. The van der Waals surface area contributed by atoms with Gasteiger partial charge in [-0.3, -0.25) is 4.99 Å². The van der Waals surface area contributed by atoms with Crippen LogP contribution in [0.3, 0.4) is 0 Å². The Labute approximate surface area is 244 Å². The zero-order valence-electron chi connectivity index (χ0n) is 22.4. The Balaban J connectivity index is 1.46. The molecule has 2 aliphatic heterocycles. The number of aliphatic imine (C=N–C) groups is 1. The molecule has 2 heterocycles. The molecule has 39 heavy (non-hydrogen) atoms. The molecule has 4 aromatic carbocycles. The predicted molar refractivity (Wildman–Crippen MR) is 169 cm³/mol. The molecule has 2 atom stereocenters. The Morgan fingerprint density at radius 2 is 1.46 bits per heavy atom. The number of hydrogen-bond donors (Lipinski definition) is 0. The lowest BCUT2D eigenvalue weighted by molar-refractivity contribution is 0.308. The quantitative estimate of drug-likeness (QED) is 0.153. The van der Waals surface area contributed by atoms with Crippen molar-refractivity contribution in [2.24, 2.45) is 4.99 Å². The molecule has 0 fully saturated rings. The van der Waals surface area contributed by atoms with Crippen molar-refractivity contribution in [3.8, 4) is 11.5 Å². The Morgan fingerprint density at radius 3 is 2.00 bits per heavy atom. The first-order chi connectivity index (χ1) is 19.2. The summed E-state index contributed by atoms with van der Waals surface area (Å²) < 4.78 is 12.5. The van der Waals surface area contributed by atoms with Gasteiger partial charge in [-0.2, -0.15) is 0 Å². The normalized spacial score (nSPS) is 18.2. The summed E-state index contributed by atoms with van der Waals surface area (Å²) in [6.45, 7) is 4.77. The van der Waals surface area contributed by atoms with E-state index in [2.05, 4.69) is 106 Å². The Bertz CT molecular complexity index is 1410. The van der Waals surface area contributed by atoms with E-state index in [4.69, 9.17) is 14.5 Å². The Hall–Kier alpha value is -3.32. The third kappa shape index (κ3) is 5.17. The molecule has 2 aliphatic rings. The van der Waals surface area contributed by atoms with Gasteiger partial charge in [0.15, 0.2) is 11.5 Å². The van der Waals surface area contributed by atoms with Crippen molar-refractivity contribution in [3.05, 3.63) is 116 Å². The zero-order valence-corrected chi connectivity index (χ0v) is 24.6. The van der Waals surface area contributed by atoms with Crippen LogP contribution in [-0.4, -0.2) is 33.0 Å². The van der Waals surface area contributed by atoms with Crippen molar-refractivity contribution in [3.63, 3.8) is 0 Å². The van der Waals surface area contributed by atoms with Crippen LogP contribution in [0, 0.1) is 3.57 Å². The van der Waals surface area contributed by atoms with E-state index in [0.29, 0.717) is 18.4 Å². The monoisotopic (exact) mass is 628 g/mol. The summed E-state index contributed by atoms with van der Waals surface area (Å²) in [4.78, 5) is 7.66. The van der Waals surface area contributed by atoms with Crippen LogP contribution in [0.4, 0.5) is 11.4 Å².